The van der Waals surface area contributed by atoms with Crippen molar-refractivity contribution in [2.75, 3.05) is 6.61 Å². The quantitative estimate of drug-likeness (QED) is 0.388. The predicted octanol–water partition coefficient (Wildman–Crippen LogP) is 2.29. The van der Waals surface area contributed by atoms with E-state index < -0.39 is 28.0 Å². The van der Waals surface area contributed by atoms with Gasteiger partial charge in [0.1, 0.15) is 6.61 Å². The Balaban J connectivity index is 2.07. The van der Waals surface area contributed by atoms with E-state index in [9.17, 15) is 19.7 Å². The summed E-state index contributed by atoms with van der Waals surface area (Å²) in [5.41, 5.74) is -0.0453. The topological polar surface area (TPSA) is 137 Å². The third-order valence-corrected chi connectivity index (χ3v) is 4.03. The maximum Gasteiger partial charge on any atom is 0.395 e. The molecule has 0 saturated carbocycles. The molecule has 0 aliphatic heterocycles. The zero-order valence-corrected chi connectivity index (χ0v) is 15.1. The van der Waals surface area contributed by atoms with Crippen LogP contribution in [-0.2, 0) is 11.3 Å². The highest BCUT2D eigenvalue weighted by molar-refractivity contribution is 5.98. The Hall–Kier alpha value is -3.82. The number of para-hydroxylation sites is 1. The van der Waals surface area contributed by atoms with Crippen LogP contribution in [0.15, 0.2) is 35.4 Å². The van der Waals surface area contributed by atoms with Gasteiger partial charge < -0.3 is 14.5 Å². The first-order valence-corrected chi connectivity index (χ1v) is 8.34. The molecule has 10 nitrogen and oxygen atoms in total. The van der Waals surface area contributed by atoms with Crippen LogP contribution < -0.4 is 10.3 Å². The van der Waals surface area contributed by atoms with Gasteiger partial charge in [-0.2, -0.15) is 4.98 Å². The van der Waals surface area contributed by atoms with Crippen LogP contribution in [-0.4, -0.2) is 32.5 Å². The van der Waals surface area contributed by atoms with E-state index in [-0.39, 0.29) is 24.5 Å². The fourth-order valence-corrected chi connectivity index (χ4v) is 2.80. The Bertz CT molecular complexity index is 1120. The minimum Gasteiger partial charge on any atom is -0.466 e. The lowest BCUT2D eigenvalue weighted by molar-refractivity contribution is -0.387. The van der Waals surface area contributed by atoms with Crippen LogP contribution in [0.25, 0.3) is 10.9 Å². The molecule has 0 aliphatic carbocycles. The monoisotopic (exact) mass is 384 g/mol. The number of pyridine rings is 1. The molecule has 0 aliphatic rings. The first kappa shape index (κ1) is 19.0. The third kappa shape index (κ3) is 3.52. The number of carbonyl (C=O) groups is 1. The van der Waals surface area contributed by atoms with Crippen molar-refractivity contribution < 1.29 is 19.2 Å². The highest BCUT2D eigenvalue weighted by Gasteiger charge is 2.25. The fourth-order valence-electron chi connectivity index (χ4n) is 2.80. The number of ether oxygens (including phenoxy) is 2. The van der Waals surface area contributed by atoms with Crippen molar-refractivity contribution in [3.63, 3.8) is 0 Å². The molecular weight excluding hydrogens is 368 g/mol. The third-order valence-electron chi connectivity index (χ3n) is 4.03. The number of fused-ring (bicyclic) bond motifs is 1. The second-order valence-corrected chi connectivity index (χ2v) is 5.73. The number of nitrogens with one attached hydrogen (secondary N) is 1. The van der Waals surface area contributed by atoms with E-state index in [4.69, 9.17) is 9.47 Å². The number of rotatable bonds is 6. The number of aromatic nitrogens is 3. The van der Waals surface area contributed by atoms with Crippen molar-refractivity contribution in [3.8, 4) is 5.88 Å². The molecule has 0 fully saturated rings. The number of H-pyrrole nitrogens is 1. The van der Waals surface area contributed by atoms with E-state index in [2.05, 4.69) is 15.0 Å². The number of benzene rings is 1. The molecule has 28 heavy (non-hydrogen) atoms. The van der Waals surface area contributed by atoms with Crippen LogP contribution in [0, 0.1) is 17.0 Å². The summed E-state index contributed by atoms with van der Waals surface area (Å²) in [6.45, 7) is 3.30. The zero-order valence-electron chi connectivity index (χ0n) is 15.1. The average molecular weight is 384 g/mol. The Kier molecular flexibility index (Phi) is 5.30. The number of aromatic amines is 1. The molecule has 144 valence electrons. The molecular formula is C18H16N4O6. The molecule has 0 atom stereocenters. The van der Waals surface area contributed by atoms with Gasteiger partial charge in [0.25, 0.3) is 0 Å². The molecule has 0 unspecified atom stereocenters. The number of esters is 1. The summed E-state index contributed by atoms with van der Waals surface area (Å²) < 4.78 is 10.5. The Morgan fingerprint density at radius 3 is 2.79 bits per heavy atom. The van der Waals surface area contributed by atoms with Crippen molar-refractivity contribution in [1.29, 1.82) is 0 Å². The van der Waals surface area contributed by atoms with Gasteiger partial charge in [-0.05, 0) is 25.5 Å². The van der Waals surface area contributed by atoms with Gasteiger partial charge in [-0.25, -0.2) is 9.78 Å². The van der Waals surface area contributed by atoms with E-state index >= 15 is 0 Å². The van der Waals surface area contributed by atoms with Crippen LogP contribution >= 0.6 is 0 Å². The summed E-state index contributed by atoms with van der Waals surface area (Å²) in [4.78, 5) is 44.7. The summed E-state index contributed by atoms with van der Waals surface area (Å²) in [5.74, 6) is -1.04. The molecule has 0 saturated heterocycles. The molecule has 0 radical (unpaired) electrons. The molecule has 0 bridgehead atoms. The van der Waals surface area contributed by atoms with E-state index in [0.717, 1.165) is 11.7 Å². The Labute approximate surface area is 158 Å². The van der Waals surface area contributed by atoms with E-state index in [1.807, 2.05) is 12.1 Å². The second kappa shape index (κ2) is 7.82. The van der Waals surface area contributed by atoms with Gasteiger partial charge in [-0.1, -0.05) is 18.2 Å². The highest BCUT2D eigenvalue weighted by atomic mass is 16.6. The molecule has 10 heteroatoms. The first-order valence-electron chi connectivity index (χ1n) is 8.34. The van der Waals surface area contributed by atoms with Crippen LogP contribution in [0.3, 0.4) is 0 Å². The van der Waals surface area contributed by atoms with Crippen molar-refractivity contribution in [2.24, 2.45) is 0 Å². The summed E-state index contributed by atoms with van der Waals surface area (Å²) in [5, 5.41) is 11.9. The highest BCUT2D eigenvalue weighted by Crippen LogP contribution is 2.26. The Morgan fingerprint density at radius 1 is 1.32 bits per heavy atom. The van der Waals surface area contributed by atoms with Gasteiger partial charge in [0.2, 0.25) is 0 Å². The van der Waals surface area contributed by atoms with Crippen molar-refractivity contribution in [3.05, 3.63) is 67.9 Å². The van der Waals surface area contributed by atoms with E-state index in [1.165, 1.54) is 0 Å². The molecule has 3 aromatic rings. The van der Waals surface area contributed by atoms with Crippen LogP contribution in [0.2, 0.25) is 0 Å². The minimum atomic E-state index is -0.941. The first-order chi connectivity index (χ1) is 13.4. The lowest BCUT2D eigenvalue weighted by atomic mass is 10.0. The van der Waals surface area contributed by atoms with Gasteiger partial charge in [0, 0.05) is 5.39 Å². The van der Waals surface area contributed by atoms with Gasteiger partial charge in [-0.3, -0.25) is 14.9 Å². The fraction of sp³-hybridized carbons (Fsp3) is 0.222. The van der Waals surface area contributed by atoms with Gasteiger partial charge in [-0.15, -0.1) is 0 Å². The van der Waals surface area contributed by atoms with Crippen molar-refractivity contribution in [2.45, 2.75) is 20.5 Å². The summed E-state index contributed by atoms with van der Waals surface area (Å²) in [7, 11) is 0. The number of hydrogen-bond acceptors (Lipinski definition) is 8. The van der Waals surface area contributed by atoms with Crippen molar-refractivity contribution in [1.82, 2.24) is 15.0 Å². The van der Waals surface area contributed by atoms with Crippen LogP contribution in [0.4, 0.5) is 5.69 Å². The average Bonchev–Trinajstić information content (AvgIpc) is 2.66. The molecule has 2 aromatic heterocycles. The van der Waals surface area contributed by atoms with Crippen LogP contribution in [0.1, 0.15) is 28.5 Å². The van der Waals surface area contributed by atoms with Gasteiger partial charge in [0.05, 0.1) is 34.6 Å². The molecule has 3 rings (SSSR count). The van der Waals surface area contributed by atoms with E-state index in [1.54, 1.807) is 26.0 Å². The molecule has 1 N–H and O–H groups in total. The largest absolute Gasteiger partial charge is 0.466 e. The Morgan fingerprint density at radius 2 is 2.07 bits per heavy atom. The number of nitro groups is 1. The zero-order chi connectivity index (χ0) is 20.3. The number of hydrogen-bond donors (Lipinski definition) is 1. The second-order valence-electron chi connectivity index (χ2n) is 5.73. The van der Waals surface area contributed by atoms with Gasteiger partial charge in [0.15, 0.2) is 0 Å². The standard InChI is InChI=1S/C18H16N4O6/c1-3-27-18(24)14-10(2)11-6-4-5-7-12(11)21-13(14)8-28-17-15(22(25)26)16(23)19-9-20-17/h4-7,9H,3,8H2,1-2H3,(H,19,20,23). The minimum absolute atomic E-state index is 0.173. The molecule has 1 aromatic carbocycles. The van der Waals surface area contributed by atoms with Crippen molar-refractivity contribution >= 4 is 22.6 Å². The number of carbonyl (C=O) groups excluding carboxylic acids is 1. The van der Waals surface area contributed by atoms with Gasteiger partial charge >= 0.3 is 23.1 Å². The predicted molar refractivity (Wildman–Crippen MR) is 98.3 cm³/mol. The summed E-state index contributed by atoms with van der Waals surface area (Å²) in [6.07, 6.45) is 0.996. The lowest BCUT2D eigenvalue weighted by Gasteiger charge is -2.14. The lowest BCUT2D eigenvalue weighted by Crippen LogP contribution is -2.17. The van der Waals surface area contributed by atoms with E-state index in [0.29, 0.717) is 11.1 Å². The maximum atomic E-state index is 12.5. The molecule has 0 amide bonds. The molecule has 2 heterocycles. The summed E-state index contributed by atoms with van der Waals surface area (Å²) in [6, 6.07) is 7.22. The SMILES string of the molecule is CCOC(=O)c1c(COc2nc[nH]c(=O)c2[N+](=O)[O-])nc2ccccc2c1C. The normalized spacial score (nSPS) is 10.6. The van der Waals surface area contributed by atoms with Crippen LogP contribution in [0.5, 0.6) is 5.88 Å². The number of nitrogens with zero attached hydrogens (tertiary/aromatic N) is 3. The number of aryl methyl sites for hydroxylation is 1. The smallest absolute Gasteiger partial charge is 0.395 e. The summed E-state index contributed by atoms with van der Waals surface area (Å²) >= 11 is 0. The maximum absolute atomic E-state index is 12.5. The molecule has 0 spiro atoms.